The number of carbonyl (C=O) groups is 1. The van der Waals surface area contributed by atoms with Gasteiger partial charge in [0.05, 0.1) is 12.5 Å². The smallest absolute Gasteiger partial charge is 0.239 e. The molecule has 0 radical (unpaired) electrons. The molecule has 1 aromatic rings. The highest BCUT2D eigenvalue weighted by Gasteiger charge is 2.03. The van der Waals surface area contributed by atoms with Gasteiger partial charge in [-0.3, -0.25) is 4.79 Å². The number of amides is 1. The van der Waals surface area contributed by atoms with E-state index in [-0.39, 0.29) is 5.91 Å². The lowest BCUT2D eigenvalue weighted by Crippen LogP contribution is -2.27. The summed E-state index contributed by atoms with van der Waals surface area (Å²) in [5.74, 6) is -0.0655. The summed E-state index contributed by atoms with van der Waals surface area (Å²) in [7, 11) is 0. The monoisotopic (exact) mass is 248 g/mol. The van der Waals surface area contributed by atoms with E-state index in [1.54, 1.807) is 0 Å². The molecular formula is C13H20N4O. The van der Waals surface area contributed by atoms with Gasteiger partial charge in [0.1, 0.15) is 6.54 Å². The van der Waals surface area contributed by atoms with Crippen molar-refractivity contribution < 1.29 is 4.79 Å². The molecule has 1 rings (SSSR count). The van der Waals surface area contributed by atoms with Gasteiger partial charge in [0.2, 0.25) is 5.91 Å². The van der Waals surface area contributed by atoms with Crippen LogP contribution in [0, 0.1) is 11.3 Å². The average molecular weight is 248 g/mol. The van der Waals surface area contributed by atoms with Crippen molar-refractivity contribution in [3.8, 4) is 6.07 Å². The molecule has 0 unspecified atom stereocenters. The Morgan fingerprint density at radius 2 is 2.33 bits per heavy atom. The summed E-state index contributed by atoms with van der Waals surface area (Å²) < 4.78 is 1.85. The van der Waals surface area contributed by atoms with Gasteiger partial charge in [-0.2, -0.15) is 5.26 Å². The highest BCUT2D eigenvalue weighted by atomic mass is 16.1. The quantitative estimate of drug-likeness (QED) is 0.708. The van der Waals surface area contributed by atoms with Gasteiger partial charge in [-0.25, -0.2) is 0 Å². The van der Waals surface area contributed by atoms with Crippen LogP contribution >= 0.6 is 0 Å². The maximum absolute atomic E-state index is 11.5. The molecule has 1 aromatic heterocycles. The summed E-state index contributed by atoms with van der Waals surface area (Å²) in [6.07, 6.45) is 4.20. The van der Waals surface area contributed by atoms with Crippen molar-refractivity contribution in [2.24, 2.45) is 0 Å². The van der Waals surface area contributed by atoms with Crippen molar-refractivity contribution in [3.05, 3.63) is 24.0 Å². The standard InChI is InChI=1S/C13H20N4O/c1-11(2)16-8-12-4-7-17(9-12)10-13(18)15-6-3-5-14/h4,7,9,11,16H,3,6,8,10H2,1-2H3,(H,15,18). The second kappa shape index (κ2) is 7.51. The van der Waals surface area contributed by atoms with Gasteiger partial charge in [0, 0.05) is 31.5 Å². The number of hydrogen-bond acceptors (Lipinski definition) is 3. The van der Waals surface area contributed by atoms with E-state index in [0.29, 0.717) is 25.6 Å². The van der Waals surface area contributed by atoms with Crippen LogP contribution in [0.5, 0.6) is 0 Å². The van der Waals surface area contributed by atoms with Gasteiger partial charge >= 0.3 is 0 Å². The molecule has 1 amide bonds. The number of aromatic nitrogens is 1. The molecule has 0 saturated carbocycles. The van der Waals surface area contributed by atoms with Crippen LogP contribution in [0.25, 0.3) is 0 Å². The van der Waals surface area contributed by atoms with Crippen LogP contribution in [0.1, 0.15) is 25.8 Å². The van der Waals surface area contributed by atoms with E-state index in [2.05, 4.69) is 24.5 Å². The zero-order valence-electron chi connectivity index (χ0n) is 10.9. The molecule has 0 saturated heterocycles. The first kappa shape index (κ1) is 14.3. The van der Waals surface area contributed by atoms with E-state index in [4.69, 9.17) is 5.26 Å². The summed E-state index contributed by atoms with van der Waals surface area (Å²) >= 11 is 0. The Kier molecular flexibility index (Phi) is 5.95. The van der Waals surface area contributed by atoms with Crippen molar-refractivity contribution in [1.82, 2.24) is 15.2 Å². The summed E-state index contributed by atoms with van der Waals surface area (Å²) in [6.45, 7) is 5.71. The first-order valence-electron chi connectivity index (χ1n) is 6.13. The second-order valence-corrected chi connectivity index (χ2v) is 4.49. The predicted molar refractivity (Wildman–Crippen MR) is 69.6 cm³/mol. The third-order valence-corrected chi connectivity index (χ3v) is 2.41. The van der Waals surface area contributed by atoms with Gasteiger partial charge in [0.15, 0.2) is 0 Å². The Bertz CT molecular complexity index is 417. The molecule has 5 nitrogen and oxygen atoms in total. The third kappa shape index (κ3) is 5.51. The lowest BCUT2D eigenvalue weighted by Gasteiger charge is -2.06. The van der Waals surface area contributed by atoms with E-state index in [0.717, 1.165) is 12.1 Å². The lowest BCUT2D eigenvalue weighted by molar-refractivity contribution is -0.121. The van der Waals surface area contributed by atoms with Crippen molar-refractivity contribution >= 4 is 5.91 Å². The molecule has 0 bridgehead atoms. The van der Waals surface area contributed by atoms with Crippen LogP contribution in [0.4, 0.5) is 0 Å². The van der Waals surface area contributed by atoms with Crippen molar-refractivity contribution in [1.29, 1.82) is 5.26 Å². The Labute approximate surface area is 108 Å². The zero-order valence-corrected chi connectivity index (χ0v) is 10.9. The number of carbonyl (C=O) groups excluding carboxylic acids is 1. The van der Waals surface area contributed by atoms with Crippen molar-refractivity contribution in [3.63, 3.8) is 0 Å². The maximum Gasteiger partial charge on any atom is 0.239 e. The Morgan fingerprint density at radius 1 is 1.56 bits per heavy atom. The summed E-state index contributed by atoms with van der Waals surface area (Å²) in [5, 5.41) is 14.4. The Morgan fingerprint density at radius 3 is 3.00 bits per heavy atom. The molecule has 0 aliphatic rings. The predicted octanol–water partition coefficient (Wildman–Crippen LogP) is 1.02. The van der Waals surface area contributed by atoms with Gasteiger partial charge in [-0.1, -0.05) is 13.8 Å². The SMILES string of the molecule is CC(C)NCc1ccn(CC(=O)NCCC#N)c1. The fourth-order valence-corrected chi connectivity index (χ4v) is 1.49. The van der Waals surface area contributed by atoms with E-state index < -0.39 is 0 Å². The van der Waals surface area contributed by atoms with E-state index in [9.17, 15) is 4.79 Å². The first-order chi connectivity index (χ1) is 8.61. The van der Waals surface area contributed by atoms with Crippen LogP contribution in [0.2, 0.25) is 0 Å². The minimum atomic E-state index is -0.0655. The molecule has 18 heavy (non-hydrogen) atoms. The molecule has 1 heterocycles. The van der Waals surface area contributed by atoms with Crippen LogP contribution < -0.4 is 10.6 Å². The fourth-order valence-electron chi connectivity index (χ4n) is 1.49. The van der Waals surface area contributed by atoms with Gasteiger partial charge < -0.3 is 15.2 Å². The number of hydrogen-bond donors (Lipinski definition) is 2. The molecule has 2 N–H and O–H groups in total. The van der Waals surface area contributed by atoms with Crippen LogP contribution in [-0.2, 0) is 17.9 Å². The second-order valence-electron chi connectivity index (χ2n) is 4.49. The molecule has 0 aliphatic carbocycles. The van der Waals surface area contributed by atoms with E-state index >= 15 is 0 Å². The Hall–Kier alpha value is -1.80. The number of nitriles is 1. The third-order valence-electron chi connectivity index (χ3n) is 2.41. The molecule has 0 atom stereocenters. The van der Waals surface area contributed by atoms with Crippen molar-refractivity contribution in [2.75, 3.05) is 6.54 Å². The zero-order chi connectivity index (χ0) is 13.4. The molecule has 0 aromatic carbocycles. The highest BCUT2D eigenvalue weighted by molar-refractivity contribution is 5.75. The summed E-state index contributed by atoms with van der Waals surface area (Å²) in [5.41, 5.74) is 1.16. The minimum Gasteiger partial charge on any atom is -0.354 e. The normalized spacial score (nSPS) is 10.3. The minimum absolute atomic E-state index is 0.0655. The molecule has 0 aliphatic heterocycles. The fraction of sp³-hybridized carbons (Fsp3) is 0.538. The largest absolute Gasteiger partial charge is 0.354 e. The molecule has 0 spiro atoms. The summed E-state index contributed by atoms with van der Waals surface area (Å²) in [6, 6.07) is 4.43. The van der Waals surface area contributed by atoms with Crippen LogP contribution in [-0.4, -0.2) is 23.1 Å². The van der Waals surface area contributed by atoms with Crippen LogP contribution in [0.3, 0.4) is 0 Å². The topological polar surface area (TPSA) is 69.8 Å². The Balaban J connectivity index is 2.34. The lowest BCUT2D eigenvalue weighted by atomic mass is 10.3. The maximum atomic E-state index is 11.5. The van der Waals surface area contributed by atoms with Gasteiger partial charge in [-0.15, -0.1) is 0 Å². The molecule has 98 valence electrons. The highest BCUT2D eigenvalue weighted by Crippen LogP contribution is 2.01. The average Bonchev–Trinajstić information content (AvgIpc) is 2.74. The number of rotatable bonds is 7. The molecule has 5 heteroatoms. The number of nitrogens with one attached hydrogen (secondary N) is 2. The van der Waals surface area contributed by atoms with Crippen LogP contribution in [0.15, 0.2) is 18.5 Å². The first-order valence-corrected chi connectivity index (χ1v) is 6.13. The summed E-state index contributed by atoms with van der Waals surface area (Å²) in [4.78, 5) is 11.5. The van der Waals surface area contributed by atoms with Gasteiger partial charge in [-0.05, 0) is 11.6 Å². The van der Waals surface area contributed by atoms with Crippen molar-refractivity contribution in [2.45, 2.75) is 39.4 Å². The van der Waals surface area contributed by atoms with Gasteiger partial charge in [0.25, 0.3) is 0 Å². The van der Waals surface area contributed by atoms with E-state index in [1.165, 1.54) is 0 Å². The molecule has 0 fully saturated rings. The number of nitrogens with zero attached hydrogens (tertiary/aromatic N) is 2. The van der Waals surface area contributed by atoms with E-state index in [1.807, 2.05) is 29.1 Å². The molecular weight excluding hydrogens is 228 g/mol.